The lowest BCUT2D eigenvalue weighted by molar-refractivity contribution is -0.110. The summed E-state index contributed by atoms with van der Waals surface area (Å²) < 4.78 is 5.11. The van der Waals surface area contributed by atoms with E-state index in [0.29, 0.717) is 24.3 Å². The van der Waals surface area contributed by atoms with E-state index < -0.39 is 0 Å². The summed E-state index contributed by atoms with van der Waals surface area (Å²) in [6, 6.07) is 5.66. The monoisotopic (exact) mass is 339 g/mol. The van der Waals surface area contributed by atoms with Gasteiger partial charge in [-0.25, -0.2) is 4.79 Å². The van der Waals surface area contributed by atoms with Crippen LogP contribution in [0.1, 0.15) is 45.4 Å². The van der Waals surface area contributed by atoms with Gasteiger partial charge in [-0.15, -0.1) is 0 Å². The van der Waals surface area contributed by atoms with E-state index in [2.05, 4.69) is 10.3 Å². The number of nitrogens with one attached hydrogen (secondary N) is 2. The first kappa shape index (κ1) is 17.0. The van der Waals surface area contributed by atoms with Crippen LogP contribution in [0.4, 0.5) is 5.69 Å². The maximum atomic E-state index is 12.4. The second kappa shape index (κ2) is 6.57. The first-order valence-electron chi connectivity index (χ1n) is 8.19. The van der Waals surface area contributed by atoms with E-state index in [4.69, 9.17) is 10.5 Å². The number of carbonyl (C=O) groups is 2. The third kappa shape index (κ3) is 2.96. The van der Waals surface area contributed by atoms with Crippen LogP contribution in [0, 0.1) is 13.8 Å². The molecule has 0 atom stereocenters. The molecule has 0 aliphatic carbocycles. The number of carbonyl (C=O) groups excluding carboxylic acids is 2. The fraction of sp³-hybridized carbons (Fsp3) is 0.263. The second-order valence-electron chi connectivity index (χ2n) is 5.98. The number of ether oxygens (including phenoxy) is 1. The lowest BCUT2D eigenvalue weighted by Crippen LogP contribution is -2.06. The van der Waals surface area contributed by atoms with Gasteiger partial charge in [-0.3, -0.25) is 4.79 Å². The van der Waals surface area contributed by atoms with Crippen molar-refractivity contribution in [2.75, 3.05) is 11.9 Å². The summed E-state index contributed by atoms with van der Waals surface area (Å²) in [7, 11) is 0. The van der Waals surface area contributed by atoms with Crippen LogP contribution in [0.5, 0.6) is 0 Å². The maximum Gasteiger partial charge on any atom is 0.340 e. The predicted octanol–water partition coefficient (Wildman–Crippen LogP) is 2.76. The van der Waals surface area contributed by atoms with Crippen LogP contribution in [0.3, 0.4) is 0 Å². The average Bonchev–Trinajstić information content (AvgIpc) is 3.04. The van der Waals surface area contributed by atoms with Crippen LogP contribution in [-0.4, -0.2) is 23.5 Å². The van der Waals surface area contributed by atoms with Crippen molar-refractivity contribution >= 4 is 29.2 Å². The minimum atomic E-state index is -0.361. The van der Waals surface area contributed by atoms with Crippen LogP contribution in [0.15, 0.2) is 18.2 Å². The minimum Gasteiger partial charge on any atom is -0.462 e. The Morgan fingerprint density at radius 1 is 1.32 bits per heavy atom. The number of nitrogens with two attached hydrogens (primary N) is 1. The van der Waals surface area contributed by atoms with Gasteiger partial charge in [-0.2, -0.15) is 0 Å². The number of hydrogen-bond acceptors (Lipinski definition) is 4. The molecule has 0 saturated heterocycles. The SMILES string of the molecule is CCOC(=O)c1c(C)[nH]c(C=C2C(=O)Nc3ccc(CN)cc32)c1C. The summed E-state index contributed by atoms with van der Waals surface area (Å²) >= 11 is 0. The molecule has 6 heteroatoms. The molecule has 2 heterocycles. The number of anilines is 1. The highest BCUT2D eigenvalue weighted by Gasteiger charge is 2.26. The fourth-order valence-electron chi connectivity index (χ4n) is 3.08. The predicted molar refractivity (Wildman–Crippen MR) is 97.1 cm³/mol. The Hall–Kier alpha value is -2.86. The molecule has 3 rings (SSSR count). The molecule has 0 bridgehead atoms. The second-order valence-corrected chi connectivity index (χ2v) is 5.98. The zero-order chi connectivity index (χ0) is 18.1. The van der Waals surface area contributed by atoms with Gasteiger partial charge in [-0.05, 0) is 50.1 Å². The molecule has 0 saturated carbocycles. The molecular weight excluding hydrogens is 318 g/mol. The first-order chi connectivity index (χ1) is 12.0. The van der Waals surface area contributed by atoms with Crippen molar-refractivity contribution in [1.82, 2.24) is 4.98 Å². The molecule has 1 aliphatic rings. The van der Waals surface area contributed by atoms with Crippen molar-refractivity contribution in [2.24, 2.45) is 5.73 Å². The zero-order valence-electron chi connectivity index (χ0n) is 14.5. The van der Waals surface area contributed by atoms with Gasteiger partial charge >= 0.3 is 5.97 Å². The Kier molecular flexibility index (Phi) is 4.46. The van der Waals surface area contributed by atoms with E-state index in [-0.39, 0.29) is 11.9 Å². The molecule has 0 radical (unpaired) electrons. The fourth-order valence-corrected chi connectivity index (χ4v) is 3.08. The molecule has 6 nitrogen and oxygen atoms in total. The first-order valence-corrected chi connectivity index (χ1v) is 8.19. The normalized spacial score (nSPS) is 14.6. The van der Waals surface area contributed by atoms with Crippen LogP contribution in [0.2, 0.25) is 0 Å². The summed E-state index contributed by atoms with van der Waals surface area (Å²) in [5.74, 6) is -0.534. The number of hydrogen-bond donors (Lipinski definition) is 3. The van der Waals surface area contributed by atoms with Gasteiger partial charge in [0.1, 0.15) is 0 Å². The van der Waals surface area contributed by atoms with Crippen LogP contribution >= 0.6 is 0 Å². The Bertz CT molecular complexity index is 894. The van der Waals surface area contributed by atoms with E-state index in [1.165, 1.54) is 0 Å². The zero-order valence-corrected chi connectivity index (χ0v) is 14.5. The van der Waals surface area contributed by atoms with E-state index >= 15 is 0 Å². The van der Waals surface area contributed by atoms with Crippen molar-refractivity contribution in [3.05, 3.63) is 51.8 Å². The van der Waals surface area contributed by atoms with Crippen molar-refractivity contribution in [2.45, 2.75) is 27.3 Å². The highest BCUT2D eigenvalue weighted by atomic mass is 16.5. The molecule has 130 valence electrons. The van der Waals surface area contributed by atoms with Gasteiger partial charge < -0.3 is 20.8 Å². The maximum absolute atomic E-state index is 12.4. The average molecular weight is 339 g/mol. The van der Waals surface area contributed by atoms with E-state index in [1.807, 2.05) is 32.0 Å². The summed E-state index contributed by atoms with van der Waals surface area (Å²) in [5, 5.41) is 2.85. The number of benzene rings is 1. The van der Waals surface area contributed by atoms with Crippen molar-refractivity contribution in [1.29, 1.82) is 0 Å². The standard InChI is InChI=1S/C19H21N3O3/c1-4-25-19(24)17-10(2)16(21-11(17)3)8-14-13-7-12(9-20)5-6-15(13)22-18(14)23/h5-8,21H,4,9,20H2,1-3H3,(H,22,23). The summed E-state index contributed by atoms with van der Waals surface area (Å²) in [4.78, 5) is 27.7. The Balaban J connectivity index is 2.07. The van der Waals surface area contributed by atoms with Gasteiger partial charge in [0.25, 0.3) is 5.91 Å². The van der Waals surface area contributed by atoms with Crippen molar-refractivity contribution in [3.63, 3.8) is 0 Å². The van der Waals surface area contributed by atoms with Gasteiger partial charge in [0, 0.05) is 29.2 Å². The van der Waals surface area contributed by atoms with Crippen LogP contribution in [0.25, 0.3) is 11.6 Å². The van der Waals surface area contributed by atoms with E-state index in [1.54, 1.807) is 13.0 Å². The van der Waals surface area contributed by atoms with Gasteiger partial charge in [0.2, 0.25) is 0 Å². The third-order valence-corrected chi connectivity index (χ3v) is 4.35. The molecule has 0 spiro atoms. The highest BCUT2D eigenvalue weighted by Crippen LogP contribution is 2.34. The Morgan fingerprint density at radius 2 is 2.08 bits per heavy atom. The minimum absolute atomic E-state index is 0.173. The summed E-state index contributed by atoms with van der Waals surface area (Å²) in [5.41, 5.74) is 11.5. The lowest BCUT2D eigenvalue weighted by atomic mass is 10.0. The molecule has 1 aliphatic heterocycles. The molecule has 0 fully saturated rings. The number of esters is 1. The number of aromatic amines is 1. The van der Waals surface area contributed by atoms with E-state index in [9.17, 15) is 9.59 Å². The molecule has 0 unspecified atom stereocenters. The molecule has 1 amide bonds. The number of rotatable bonds is 4. The lowest BCUT2D eigenvalue weighted by Gasteiger charge is -2.03. The molecule has 2 aromatic rings. The third-order valence-electron chi connectivity index (χ3n) is 4.35. The number of amides is 1. The number of fused-ring (bicyclic) bond motifs is 1. The Morgan fingerprint density at radius 3 is 2.76 bits per heavy atom. The largest absolute Gasteiger partial charge is 0.462 e. The van der Waals surface area contributed by atoms with Crippen LogP contribution < -0.4 is 11.1 Å². The highest BCUT2D eigenvalue weighted by molar-refractivity contribution is 6.35. The quantitative estimate of drug-likeness (QED) is 0.589. The Labute approximate surface area is 146 Å². The van der Waals surface area contributed by atoms with Crippen LogP contribution in [-0.2, 0) is 16.1 Å². The van der Waals surface area contributed by atoms with Gasteiger partial charge in [0.15, 0.2) is 0 Å². The smallest absolute Gasteiger partial charge is 0.340 e. The molecule has 1 aromatic heterocycles. The number of aryl methyl sites for hydroxylation is 1. The van der Waals surface area contributed by atoms with Crippen molar-refractivity contribution < 1.29 is 14.3 Å². The van der Waals surface area contributed by atoms with Crippen molar-refractivity contribution in [3.8, 4) is 0 Å². The summed E-state index contributed by atoms with van der Waals surface area (Å²) in [6.07, 6.45) is 1.77. The van der Waals surface area contributed by atoms with E-state index in [0.717, 1.165) is 33.8 Å². The molecular formula is C19H21N3O3. The topological polar surface area (TPSA) is 97.2 Å². The molecule has 25 heavy (non-hydrogen) atoms. The summed E-state index contributed by atoms with van der Waals surface area (Å²) in [6.45, 7) is 6.15. The molecule has 1 aromatic carbocycles. The number of aromatic nitrogens is 1. The van der Waals surface area contributed by atoms with Gasteiger partial charge in [0.05, 0.1) is 17.7 Å². The number of H-pyrrole nitrogens is 1. The molecule has 4 N–H and O–H groups in total. The van der Waals surface area contributed by atoms with Gasteiger partial charge in [-0.1, -0.05) is 6.07 Å².